The number of amides is 3. The molecule has 0 saturated carbocycles. The molecule has 3 amide bonds. The van der Waals surface area contributed by atoms with Crippen LogP contribution >= 0.6 is 11.6 Å². The summed E-state index contributed by atoms with van der Waals surface area (Å²) in [6.07, 6.45) is -3.68. The van der Waals surface area contributed by atoms with Gasteiger partial charge < -0.3 is 25.9 Å². The molecule has 0 aliphatic rings. The molecule has 0 fully saturated rings. The molecule has 3 rings (SSSR count). The highest BCUT2D eigenvalue weighted by Gasteiger charge is 2.33. The number of carbonyl (C=O) groups excluding carboxylic acids is 2. The third kappa shape index (κ3) is 5.84. The van der Waals surface area contributed by atoms with Gasteiger partial charge >= 0.3 is 18.1 Å². The van der Waals surface area contributed by atoms with Crippen molar-refractivity contribution in [1.29, 1.82) is 0 Å². The van der Waals surface area contributed by atoms with Crippen LogP contribution in [0, 0.1) is 11.0 Å². The predicted molar refractivity (Wildman–Crippen MR) is 114 cm³/mol. The summed E-state index contributed by atoms with van der Waals surface area (Å²) in [5, 5.41) is 17.8. The molecule has 8 nitrogen and oxygen atoms in total. The molecule has 2 aromatic carbocycles. The topological polar surface area (TPSA) is 106 Å². The van der Waals surface area contributed by atoms with Crippen LogP contribution in [0.15, 0.2) is 54.7 Å². The maximum atomic E-state index is 14.4. The molecule has 13 heteroatoms. The average molecular weight is 499 g/mol. The summed E-state index contributed by atoms with van der Waals surface area (Å²) in [4.78, 5) is 23.8. The second-order valence-corrected chi connectivity index (χ2v) is 7.08. The molecule has 0 radical (unpaired) electrons. The largest absolute Gasteiger partial charge is 0.618 e. The number of nitrogens with one attached hydrogen (secondary N) is 3. The van der Waals surface area contributed by atoms with Crippen molar-refractivity contribution >= 4 is 34.9 Å². The van der Waals surface area contributed by atoms with E-state index in [2.05, 4.69) is 16.0 Å². The Bertz CT molecular complexity index is 1250. The molecule has 3 N–H and O–H groups in total. The van der Waals surface area contributed by atoms with Crippen LogP contribution in [0.3, 0.4) is 0 Å². The molecule has 0 aliphatic heterocycles. The number of benzene rings is 2. The lowest BCUT2D eigenvalue weighted by atomic mass is 10.2. The molecule has 178 valence electrons. The van der Waals surface area contributed by atoms with E-state index < -0.39 is 34.5 Å². The Labute approximate surface area is 194 Å². The number of hydrogen-bond acceptors (Lipinski definition) is 4. The summed E-state index contributed by atoms with van der Waals surface area (Å²) in [5.41, 5.74) is -1.87. The van der Waals surface area contributed by atoms with Crippen molar-refractivity contribution in [3.05, 3.63) is 82.0 Å². The summed E-state index contributed by atoms with van der Waals surface area (Å²) in [6, 6.07) is 7.57. The van der Waals surface area contributed by atoms with Gasteiger partial charge in [0, 0.05) is 24.9 Å². The Morgan fingerprint density at radius 3 is 2.38 bits per heavy atom. The monoisotopic (exact) mass is 498 g/mol. The minimum atomic E-state index is -4.72. The van der Waals surface area contributed by atoms with Gasteiger partial charge in [-0.05, 0) is 30.3 Å². The number of hydrogen-bond donors (Lipinski definition) is 3. The van der Waals surface area contributed by atoms with Crippen molar-refractivity contribution < 1.29 is 36.6 Å². The summed E-state index contributed by atoms with van der Waals surface area (Å²) < 4.78 is 59.1. The SMILES string of the molecule is CNC(=O)c1cc(Oc2ccc(NC(=O)Nc3ccc(Cl)c(C(F)(F)F)c3)c(F)c2)cc[n+]1[O-]. The molecular weight excluding hydrogens is 484 g/mol. The van der Waals surface area contributed by atoms with Gasteiger partial charge in [0.05, 0.1) is 22.3 Å². The quantitative estimate of drug-likeness (QED) is 0.263. The third-order valence-electron chi connectivity index (χ3n) is 4.30. The van der Waals surface area contributed by atoms with E-state index in [0.717, 1.165) is 36.5 Å². The number of ether oxygens (including phenoxy) is 1. The van der Waals surface area contributed by atoms with E-state index in [0.29, 0.717) is 10.8 Å². The summed E-state index contributed by atoms with van der Waals surface area (Å²) >= 11 is 5.53. The second kappa shape index (κ2) is 9.83. The van der Waals surface area contributed by atoms with Gasteiger partial charge in [-0.1, -0.05) is 11.6 Å². The number of aromatic nitrogens is 1. The lowest BCUT2D eigenvalue weighted by Gasteiger charge is -2.13. The van der Waals surface area contributed by atoms with Gasteiger partial charge in [-0.2, -0.15) is 17.9 Å². The van der Waals surface area contributed by atoms with E-state index in [1.54, 1.807) is 0 Å². The van der Waals surface area contributed by atoms with Crippen LogP contribution in [0.4, 0.5) is 33.7 Å². The highest BCUT2D eigenvalue weighted by Crippen LogP contribution is 2.36. The van der Waals surface area contributed by atoms with Crippen molar-refractivity contribution in [3.8, 4) is 11.5 Å². The Morgan fingerprint density at radius 2 is 1.74 bits per heavy atom. The van der Waals surface area contributed by atoms with E-state index >= 15 is 0 Å². The maximum absolute atomic E-state index is 14.4. The Balaban J connectivity index is 1.70. The third-order valence-corrected chi connectivity index (χ3v) is 4.63. The number of pyridine rings is 1. The van der Waals surface area contributed by atoms with Gasteiger partial charge in [0.25, 0.3) is 5.69 Å². The van der Waals surface area contributed by atoms with E-state index in [9.17, 15) is 32.4 Å². The van der Waals surface area contributed by atoms with E-state index in [1.807, 2.05) is 0 Å². The van der Waals surface area contributed by atoms with Gasteiger partial charge in [-0.3, -0.25) is 4.79 Å². The van der Waals surface area contributed by atoms with Crippen LogP contribution in [0.5, 0.6) is 11.5 Å². The second-order valence-electron chi connectivity index (χ2n) is 6.67. The first-order valence-electron chi connectivity index (χ1n) is 9.35. The van der Waals surface area contributed by atoms with Crippen LogP contribution < -0.4 is 25.4 Å². The summed E-state index contributed by atoms with van der Waals surface area (Å²) in [6.45, 7) is 0. The Kier molecular flexibility index (Phi) is 7.11. The van der Waals surface area contributed by atoms with Crippen LogP contribution in [-0.4, -0.2) is 19.0 Å². The molecule has 0 saturated heterocycles. The number of anilines is 2. The first-order chi connectivity index (χ1) is 16.0. The van der Waals surface area contributed by atoms with Crippen molar-refractivity contribution in [2.75, 3.05) is 17.7 Å². The minimum absolute atomic E-state index is 0.0116. The highest BCUT2D eigenvalue weighted by molar-refractivity contribution is 6.31. The number of alkyl halides is 3. The Hall–Kier alpha value is -4.06. The van der Waals surface area contributed by atoms with Gasteiger partial charge in [0.15, 0.2) is 6.20 Å². The molecule has 1 aromatic heterocycles. The molecule has 3 aromatic rings. The van der Waals surface area contributed by atoms with E-state index in [4.69, 9.17) is 16.3 Å². The normalized spacial score (nSPS) is 11.0. The van der Waals surface area contributed by atoms with Crippen molar-refractivity contribution in [3.63, 3.8) is 0 Å². The highest BCUT2D eigenvalue weighted by atomic mass is 35.5. The molecule has 34 heavy (non-hydrogen) atoms. The molecule has 0 aliphatic carbocycles. The number of rotatable bonds is 5. The van der Waals surface area contributed by atoms with Gasteiger partial charge in [0.1, 0.15) is 17.3 Å². The van der Waals surface area contributed by atoms with E-state index in [-0.39, 0.29) is 28.6 Å². The van der Waals surface area contributed by atoms with Crippen LogP contribution in [-0.2, 0) is 6.18 Å². The fraction of sp³-hybridized carbons (Fsp3) is 0.0952. The standard InChI is InChI=1S/C21H15ClF4N4O4/c1-27-19(31)18-10-13(6-7-30(18)33)34-12-3-5-17(16(23)9-12)29-20(32)28-11-2-4-15(22)14(8-11)21(24,25)26/h2-10H,1H3,(H,27,31)(H2,28,29,32). The maximum Gasteiger partial charge on any atom is 0.417 e. The number of urea groups is 1. The predicted octanol–water partition coefficient (Wildman–Crippen LogP) is 4.93. The van der Waals surface area contributed by atoms with Crippen molar-refractivity contribution in [2.24, 2.45) is 0 Å². The summed E-state index contributed by atoms with van der Waals surface area (Å²) in [5.74, 6) is -1.50. The summed E-state index contributed by atoms with van der Waals surface area (Å²) in [7, 11) is 1.34. The lowest BCUT2D eigenvalue weighted by Crippen LogP contribution is -2.37. The molecular formula is C21H15ClF4N4O4. The van der Waals surface area contributed by atoms with Crippen LogP contribution in [0.2, 0.25) is 5.02 Å². The molecule has 0 atom stereocenters. The van der Waals surface area contributed by atoms with Crippen molar-refractivity contribution in [2.45, 2.75) is 6.18 Å². The molecule has 0 bridgehead atoms. The van der Waals surface area contributed by atoms with E-state index in [1.165, 1.54) is 19.2 Å². The lowest BCUT2D eigenvalue weighted by molar-refractivity contribution is -0.607. The first kappa shape index (κ1) is 24.6. The Morgan fingerprint density at radius 1 is 1.03 bits per heavy atom. The zero-order valence-corrected chi connectivity index (χ0v) is 17.9. The average Bonchev–Trinajstić information content (AvgIpc) is 2.77. The van der Waals surface area contributed by atoms with Gasteiger partial charge in [0.2, 0.25) is 0 Å². The van der Waals surface area contributed by atoms with Crippen LogP contribution in [0.1, 0.15) is 16.1 Å². The number of nitrogens with zero attached hydrogens (tertiary/aromatic N) is 1. The number of halogens is 5. The van der Waals surface area contributed by atoms with Crippen molar-refractivity contribution in [1.82, 2.24) is 5.32 Å². The molecule has 0 spiro atoms. The molecule has 1 heterocycles. The first-order valence-corrected chi connectivity index (χ1v) is 9.73. The zero-order chi connectivity index (χ0) is 25.0. The van der Waals surface area contributed by atoms with Gasteiger partial charge in [-0.25, -0.2) is 9.18 Å². The fourth-order valence-electron chi connectivity index (χ4n) is 2.73. The minimum Gasteiger partial charge on any atom is -0.618 e. The zero-order valence-electron chi connectivity index (χ0n) is 17.2. The smallest absolute Gasteiger partial charge is 0.417 e. The molecule has 0 unspecified atom stereocenters. The number of carbonyl (C=O) groups is 2. The fourth-order valence-corrected chi connectivity index (χ4v) is 2.95. The van der Waals surface area contributed by atoms with Gasteiger partial charge in [-0.15, -0.1) is 0 Å². The van der Waals surface area contributed by atoms with Crippen LogP contribution in [0.25, 0.3) is 0 Å².